The van der Waals surface area contributed by atoms with Gasteiger partial charge in [0.15, 0.2) is 0 Å². The molecule has 3 heterocycles. The van der Waals surface area contributed by atoms with Crippen molar-refractivity contribution in [2.24, 2.45) is 0 Å². The van der Waals surface area contributed by atoms with Gasteiger partial charge in [0.1, 0.15) is 17.6 Å². The van der Waals surface area contributed by atoms with E-state index in [9.17, 15) is 13.7 Å². The Morgan fingerprint density at radius 1 is 0.946 bits per heavy atom. The first kappa shape index (κ1) is 25.0. The molecular formula is C26H28N6O4S. The van der Waals surface area contributed by atoms with Gasteiger partial charge in [-0.2, -0.15) is 14.6 Å². The van der Waals surface area contributed by atoms with E-state index in [0.717, 1.165) is 31.9 Å². The molecule has 0 spiro atoms. The lowest BCUT2D eigenvalue weighted by molar-refractivity contribution is 0.310. The molecule has 1 saturated heterocycles. The van der Waals surface area contributed by atoms with Gasteiger partial charge in [-0.05, 0) is 43.4 Å². The van der Waals surface area contributed by atoms with Gasteiger partial charge in [0.25, 0.3) is 0 Å². The number of hydrogen-bond donors (Lipinski definition) is 0. The Morgan fingerprint density at radius 3 is 2.35 bits per heavy atom. The van der Waals surface area contributed by atoms with E-state index in [0.29, 0.717) is 35.3 Å². The molecule has 2 aliphatic rings. The summed E-state index contributed by atoms with van der Waals surface area (Å²) in [5.74, 6) is 2.17. The van der Waals surface area contributed by atoms with Crippen molar-refractivity contribution >= 4 is 16.0 Å². The number of hydrogen-bond acceptors (Lipinski definition) is 9. The van der Waals surface area contributed by atoms with Gasteiger partial charge < -0.3 is 19.3 Å². The molecule has 0 unspecified atom stereocenters. The van der Waals surface area contributed by atoms with E-state index in [2.05, 4.69) is 16.8 Å². The van der Waals surface area contributed by atoms with Gasteiger partial charge in [0, 0.05) is 45.7 Å². The molecule has 2 aliphatic heterocycles. The average molecular weight is 521 g/mol. The summed E-state index contributed by atoms with van der Waals surface area (Å²) < 4.78 is 39.9. The monoisotopic (exact) mass is 520 g/mol. The maximum absolute atomic E-state index is 13.5. The number of ether oxygens (including phenoxy) is 2. The fraction of sp³-hybridized carbons (Fsp3) is 0.346. The second-order valence-electron chi connectivity index (χ2n) is 9.02. The third-order valence-electron chi connectivity index (χ3n) is 6.66. The molecular weight excluding hydrogens is 492 g/mol. The van der Waals surface area contributed by atoms with E-state index in [4.69, 9.17) is 19.4 Å². The number of likely N-dealkylation sites (N-methyl/N-ethyl adjacent to an activating group) is 1. The fourth-order valence-electron chi connectivity index (χ4n) is 4.46. The van der Waals surface area contributed by atoms with Crippen molar-refractivity contribution < 1.29 is 17.9 Å². The number of methoxy groups -OCH3 is 1. The number of rotatable bonds is 6. The van der Waals surface area contributed by atoms with E-state index >= 15 is 0 Å². The Kier molecular flexibility index (Phi) is 6.97. The topological polar surface area (TPSA) is 112 Å². The number of aromatic nitrogens is 2. The zero-order valence-corrected chi connectivity index (χ0v) is 21.6. The molecule has 0 radical (unpaired) electrons. The van der Waals surface area contributed by atoms with Crippen LogP contribution in [-0.4, -0.2) is 74.5 Å². The highest BCUT2D eigenvalue weighted by atomic mass is 32.2. The van der Waals surface area contributed by atoms with E-state index < -0.39 is 10.0 Å². The molecule has 1 aromatic heterocycles. The highest BCUT2D eigenvalue weighted by molar-refractivity contribution is 7.89. The molecule has 0 atom stereocenters. The maximum Gasteiger partial charge on any atom is 0.244 e. The number of fused-ring (bicyclic) bond motifs is 1. The van der Waals surface area contributed by atoms with E-state index in [1.165, 1.54) is 16.4 Å². The SMILES string of the molecule is COc1ccc(Oc2nc(N3CCN(C)CC3)nc3c2CN(S(=O)(=O)c2ccccc2C#N)CC3)cc1. The van der Waals surface area contributed by atoms with Crippen LogP contribution < -0.4 is 14.4 Å². The summed E-state index contributed by atoms with van der Waals surface area (Å²) in [6.45, 7) is 3.69. The van der Waals surface area contributed by atoms with Gasteiger partial charge in [0.05, 0.1) is 28.8 Å². The Morgan fingerprint density at radius 2 is 1.65 bits per heavy atom. The summed E-state index contributed by atoms with van der Waals surface area (Å²) in [5.41, 5.74) is 1.51. The summed E-state index contributed by atoms with van der Waals surface area (Å²) >= 11 is 0. The van der Waals surface area contributed by atoms with Gasteiger partial charge in [-0.1, -0.05) is 12.1 Å². The summed E-state index contributed by atoms with van der Waals surface area (Å²) in [5, 5.41) is 9.46. The zero-order valence-electron chi connectivity index (χ0n) is 20.8. The van der Waals surface area contributed by atoms with Crippen LogP contribution >= 0.6 is 0 Å². The smallest absolute Gasteiger partial charge is 0.244 e. The van der Waals surface area contributed by atoms with Gasteiger partial charge in [-0.3, -0.25) is 0 Å². The molecule has 3 aromatic rings. The minimum absolute atomic E-state index is 0.00597. The lowest BCUT2D eigenvalue weighted by Gasteiger charge is -2.34. The van der Waals surface area contributed by atoms with Gasteiger partial charge in [-0.25, -0.2) is 13.4 Å². The first-order valence-electron chi connectivity index (χ1n) is 12.0. The van der Waals surface area contributed by atoms with E-state index in [1.807, 2.05) is 6.07 Å². The quantitative estimate of drug-likeness (QED) is 0.484. The van der Waals surface area contributed by atoms with E-state index in [1.54, 1.807) is 43.5 Å². The van der Waals surface area contributed by atoms with Crippen LogP contribution in [0, 0.1) is 11.3 Å². The van der Waals surface area contributed by atoms with Crippen molar-refractivity contribution in [1.29, 1.82) is 5.26 Å². The van der Waals surface area contributed by atoms with Crippen molar-refractivity contribution in [1.82, 2.24) is 19.2 Å². The minimum atomic E-state index is -3.92. The predicted molar refractivity (Wildman–Crippen MR) is 137 cm³/mol. The third-order valence-corrected chi connectivity index (χ3v) is 8.56. The number of benzene rings is 2. The van der Waals surface area contributed by atoms with Gasteiger partial charge >= 0.3 is 0 Å². The van der Waals surface area contributed by atoms with Crippen molar-refractivity contribution in [3.05, 3.63) is 65.4 Å². The number of nitriles is 1. The summed E-state index contributed by atoms with van der Waals surface area (Å²) in [7, 11) is -0.234. The Labute approximate surface area is 216 Å². The molecule has 11 heteroatoms. The first-order valence-corrected chi connectivity index (χ1v) is 13.5. The lowest BCUT2D eigenvalue weighted by atomic mass is 10.1. The fourth-order valence-corrected chi connectivity index (χ4v) is 6.01. The van der Waals surface area contributed by atoms with Crippen LogP contribution in [0.4, 0.5) is 5.95 Å². The number of nitrogens with zero attached hydrogens (tertiary/aromatic N) is 6. The largest absolute Gasteiger partial charge is 0.497 e. The average Bonchev–Trinajstić information content (AvgIpc) is 2.93. The second-order valence-corrected chi connectivity index (χ2v) is 10.9. The van der Waals surface area contributed by atoms with Gasteiger partial charge in [-0.15, -0.1) is 0 Å². The highest BCUT2D eigenvalue weighted by Crippen LogP contribution is 2.34. The number of sulfonamides is 1. The van der Waals surface area contributed by atoms with E-state index in [-0.39, 0.29) is 23.5 Å². The molecule has 37 heavy (non-hydrogen) atoms. The van der Waals surface area contributed by atoms with Crippen LogP contribution in [0.25, 0.3) is 0 Å². The molecule has 2 aromatic carbocycles. The summed E-state index contributed by atoms with van der Waals surface area (Å²) in [6.07, 6.45) is 0.408. The minimum Gasteiger partial charge on any atom is -0.497 e. The summed E-state index contributed by atoms with van der Waals surface area (Å²) in [6, 6.07) is 15.4. The Bertz CT molecular complexity index is 1430. The lowest BCUT2D eigenvalue weighted by Crippen LogP contribution is -2.45. The normalized spacial score (nSPS) is 16.6. The van der Waals surface area contributed by atoms with Crippen molar-refractivity contribution in [3.8, 4) is 23.4 Å². The maximum atomic E-state index is 13.5. The van der Waals surface area contributed by atoms with Gasteiger partial charge in [0.2, 0.25) is 21.9 Å². The van der Waals surface area contributed by atoms with Crippen LogP contribution in [0.1, 0.15) is 16.8 Å². The third kappa shape index (κ3) is 5.09. The van der Waals surface area contributed by atoms with Crippen LogP contribution in [0.15, 0.2) is 53.4 Å². The highest BCUT2D eigenvalue weighted by Gasteiger charge is 2.34. The second kappa shape index (κ2) is 10.3. The van der Waals surface area contributed by atoms with Crippen LogP contribution in [-0.2, 0) is 23.0 Å². The molecule has 0 amide bonds. The van der Waals surface area contributed by atoms with Crippen LogP contribution in [0.5, 0.6) is 17.4 Å². The van der Waals surface area contributed by atoms with Crippen LogP contribution in [0.3, 0.4) is 0 Å². The molecule has 192 valence electrons. The van der Waals surface area contributed by atoms with Crippen molar-refractivity contribution in [2.45, 2.75) is 17.9 Å². The first-order chi connectivity index (χ1) is 17.9. The molecule has 0 bridgehead atoms. The Balaban J connectivity index is 1.51. The number of piperazine rings is 1. The standard InChI is InChI=1S/C26H28N6O4S/c1-30-13-15-31(16-14-30)26-28-23-11-12-32(37(33,34)24-6-4-3-5-19(24)17-27)18-22(23)25(29-26)36-21-9-7-20(35-2)8-10-21/h3-10H,11-16,18H2,1-2H3. The Hall–Kier alpha value is -3.72. The predicted octanol–water partition coefficient (Wildman–Crippen LogP) is 2.65. The van der Waals surface area contributed by atoms with Crippen molar-refractivity contribution in [3.63, 3.8) is 0 Å². The number of anilines is 1. The van der Waals surface area contributed by atoms with Crippen molar-refractivity contribution in [2.75, 3.05) is 51.8 Å². The molecule has 0 N–H and O–H groups in total. The molecule has 0 aliphatic carbocycles. The zero-order chi connectivity index (χ0) is 26.0. The molecule has 5 rings (SSSR count). The molecule has 0 saturated carbocycles. The van der Waals surface area contributed by atoms with Crippen LogP contribution in [0.2, 0.25) is 0 Å². The molecule has 1 fully saturated rings. The molecule has 10 nitrogen and oxygen atoms in total. The summed E-state index contributed by atoms with van der Waals surface area (Å²) in [4.78, 5) is 14.0.